The zero-order chi connectivity index (χ0) is 52.1. The van der Waals surface area contributed by atoms with Crippen LogP contribution in [-0.4, -0.2) is 159 Å². The molecule has 5 amide bonds. The normalized spacial score (nSPS) is 18.1. The van der Waals surface area contributed by atoms with Gasteiger partial charge in [0.2, 0.25) is 23.6 Å². The molecule has 1 aliphatic heterocycles. The molecule has 2 aromatic rings. The fourth-order valence-electron chi connectivity index (χ4n) is 8.83. The van der Waals surface area contributed by atoms with Gasteiger partial charge >= 0.3 is 12.1 Å². The maximum atomic E-state index is 14.6. The highest BCUT2D eigenvalue weighted by atomic mass is 33.1. The van der Waals surface area contributed by atoms with Crippen molar-refractivity contribution in [2.75, 3.05) is 41.5 Å². The lowest BCUT2D eigenvalue weighted by Crippen LogP contribution is -2.60. The van der Waals surface area contributed by atoms with Gasteiger partial charge in [0.05, 0.1) is 53.5 Å². The van der Waals surface area contributed by atoms with Gasteiger partial charge in [-0.15, -0.1) is 0 Å². The van der Waals surface area contributed by atoms with E-state index in [4.69, 9.17) is 14.2 Å². The van der Waals surface area contributed by atoms with Gasteiger partial charge in [0.15, 0.2) is 10.9 Å². The van der Waals surface area contributed by atoms with Crippen molar-refractivity contribution in [1.29, 1.82) is 0 Å². The molecule has 0 bridgehead atoms. The van der Waals surface area contributed by atoms with Crippen molar-refractivity contribution in [3.8, 4) is 0 Å². The second-order valence-corrected chi connectivity index (χ2v) is 22.4. The lowest BCUT2D eigenvalue weighted by molar-refractivity contribution is -0.148. The molecular weight excluding hydrogens is 927 g/mol. The summed E-state index contributed by atoms with van der Waals surface area (Å²) in [6.45, 7) is 18.9. The van der Waals surface area contributed by atoms with Crippen molar-refractivity contribution in [3.05, 3.63) is 47.8 Å². The van der Waals surface area contributed by atoms with E-state index in [2.05, 4.69) is 15.6 Å². The summed E-state index contributed by atoms with van der Waals surface area (Å²) in [7, 11) is 10.5. The third-order valence-electron chi connectivity index (χ3n) is 13.0. The number of imidazole rings is 1. The summed E-state index contributed by atoms with van der Waals surface area (Å²) in [5.41, 5.74) is 0.607. The van der Waals surface area contributed by atoms with E-state index < -0.39 is 77.2 Å². The predicted molar refractivity (Wildman–Crippen MR) is 267 cm³/mol. The van der Waals surface area contributed by atoms with Crippen LogP contribution in [0.15, 0.2) is 41.7 Å². The maximum Gasteiger partial charge on any atom is 0.410 e. The van der Waals surface area contributed by atoms with Crippen LogP contribution in [0.5, 0.6) is 0 Å². The first-order valence-corrected chi connectivity index (χ1v) is 25.9. The number of aromatic nitrogens is 2. The lowest BCUT2D eigenvalue weighted by atomic mass is 9.89. The van der Waals surface area contributed by atoms with Crippen molar-refractivity contribution >= 4 is 57.3 Å². The minimum Gasteiger partial charge on any atom is -0.476 e. The number of ether oxygens (including phenoxy) is 3. The number of amides is 5. The summed E-state index contributed by atoms with van der Waals surface area (Å²) >= 11 is 0. The smallest absolute Gasteiger partial charge is 0.410 e. The number of carbonyl (C=O) groups excluding carboxylic acids is 5. The molecule has 1 aliphatic rings. The highest BCUT2D eigenvalue weighted by molar-refractivity contribution is 8.77. The van der Waals surface area contributed by atoms with Crippen LogP contribution in [0.4, 0.5) is 4.79 Å². The number of hydrogen-bond acceptors (Lipinski definition) is 13. The maximum absolute atomic E-state index is 14.6. The van der Waals surface area contributed by atoms with Gasteiger partial charge in [-0.3, -0.25) is 24.1 Å². The minimum absolute atomic E-state index is 0.0309. The van der Waals surface area contributed by atoms with Gasteiger partial charge in [-0.2, -0.15) is 0 Å². The van der Waals surface area contributed by atoms with Gasteiger partial charge in [-0.1, -0.05) is 96.0 Å². The number of methoxy groups -OCH3 is 2. The molecule has 0 spiro atoms. The first-order valence-electron chi connectivity index (χ1n) is 23.8. The fraction of sp³-hybridized carbons (Fsp3) is 0.694. The predicted octanol–water partition coefficient (Wildman–Crippen LogP) is 6.03. The lowest BCUT2D eigenvalue weighted by Gasteiger charge is -2.41. The topological polar surface area (TPSA) is 222 Å². The number of carboxylic acid groups (broad SMARTS) is 1. The van der Waals surface area contributed by atoms with Crippen LogP contribution in [0, 0.1) is 23.7 Å². The number of likely N-dealkylation sites (N-methyl/N-ethyl adjacent to an activating group) is 2. The van der Waals surface area contributed by atoms with Crippen LogP contribution >= 0.6 is 21.6 Å². The molecule has 20 heteroatoms. The van der Waals surface area contributed by atoms with E-state index in [1.54, 1.807) is 68.3 Å². The Balaban J connectivity index is 1.73. The van der Waals surface area contributed by atoms with E-state index in [0.29, 0.717) is 36.5 Å². The van der Waals surface area contributed by atoms with E-state index in [0.717, 1.165) is 0 Å². The molecule has 69 heavy (non-hydrogen) atoms. The molecule has 18 nitrogen and oxygen atoms in total. The van der Waals surface area contributed by atoms with Gasteiger partial charge in [0, 0.05) is 48.1 Å². The van der Waals surface area contributed by atoms with Gasteiger partial charge in [0.25, 0.3) is 0 Å². The molecule has 3 rings (SSSR count). The zero-order valence-corrected chi connectivity index (χ0v) is 44.9. The molecule has 0 radical (unpaired) electrons. The number of likely N-dealkylation sites (tertiary alicyclic amines) is 1. The van der Waals surface area contributed by atoms with E-state index in [1.807, 2.05) is 59.7 Å². The number of aromatic carboxylic acids is 1. The molecule has 1 aromatic heterocycles. The molecule has 2 heterocycles. The SMILES string of the molecule is CC[C@H](C)[C@@H]([C@@H](CC(=O)N1CCC[C@H]1[C@H](OC)[C@@H](C)C(=O)N[C@H](C)[C@@H](O)c1ccccc1)OC)N(C)C(=O)[C@@H](NC(=O)[C@H](C(C)C)N(C)C(=O)OCC(C)(C)SSc1nc(C(=O)O)cn1C)C(C)C. The zero-order valence-electron chi connectivity index (χ0n) is 43.3. The molecule has 1 aromatic carbocycles. The van der Waals surface area contributed by atoms with Crippen LogP contribution in [0.25, 0.3) is 0 Å². The van der Waals surface area contributed by atoms with Crippen LogP contribution in [-0.2, 0) is 40.4 Å². The van der Waals surface area contributed by atoms with Crippen molar-refractivity contribution in [2.45, 2.75) is 153 Å². The number of rotatable bonds is 26. The summed E-state index contributed by atoms with van der Waals surface area (Å²) in [4.78, 5) is 90.4. The van der Waals surface area contributed by atoms with Gasteiger partial charge in [0.1, 0.15) is 18.7 Å². The average Bonchev–Trinajstić information content (AvgIpc) is 3.95. The fourth-order valence-corrected chi connectivity index (χ4v) is 11.1. The Hall–Kier alpha value is -4.37. The Morgan fingerprint density at radius 1 is 0.928 bits per heavy atom. The number of nitrogens with zero attached hydrogens (tertiary/aromatic N) is 5. The van der Waals surface area contributed by atoms with Crippen molar-refractivity contribution < 1.29 is 53.2 Å². The first-order chi connectivity index (χ1) is 32.3. The Kier molecular flexibility index (Phi) is 22.8. The van der Waals surface area contributed by atoms with Crippen LogP contribution in [0.1, 0.15) is 117 Å². The van der Waals surface area contributed by atoms with Gasteiger partial charge < -0.3 is 49.4 Å². The molecular formula is C49H79N7O11S2. The Morgan fingerprint density at radius 2 is 1.57 bits per heavy atom. The second-order valence-electron chi connectivity index (χ2n) is 19.6. The summed E-state index contributed by atoms with van der Waals surface area (Å²) in [6.07, 6.45) is 0.335. The first kappa shape index (κ1) is 58.9. The Labute approximate surface area is 417 Å². The standard InChI is InChI=1S/C49H79N7O11S2/c1-16-30(6)40(36(65-14)25-37(57)56-24-20-23-35(56)42(66-15)31(7)43(59)50-32(8)41(58)33-21-18-17-19-22-33)54(12)45(61)38(28(2)3)52-44(60)39(29(4)5)55(13)48(64)67-27-49(9,10)69-68-47-51-34(46(62)63)26-53(47)11/h17-19,21-22,26,28-32,35-36,38-42,58H,16,20,23-25,27H2,1-15H3,(H,50,59)(H,52,60)(H,62,63)/t30-,31+,32+,35-,36+,38-,39-,40-,41+,42+/m0/s1. The Bertz CT molecular complexity index is 2020. The molecule has 1 fully saturated rings. The third kappa shape index (κ3) is 15.8. The summed E-state index contributed by atoms with van der Waals surface area (Å²) in [5, 5.41) is 26.6. The number of aryl methyl sites for hydroxylation is 1. The number of nitrogens with one attached hydrogen (secondary N) is 2. The summed E-state index contributed by atoms with van der Waals surface area (Å²) in [5.74, 6) is -4.08. The number of carbonyl (C=O) groups is 6. The van der Waals surface area contributed by atoms with Crippen molar-refractivity contribution in [3.63, 3.8) is 0 Å². The molecule has 0 unspecified atom stereocenters. The monoisotopic (exact) mass is 1010 g/mol. The van der Waals surface area contributed by atoms with Crippen LogP contribution < -0.4 is 10.6 Å². The number of benzene rings is 1. The van der Waals surface area contributed by atoms with Crippen LogP contribution in [0.3, 0.4) is 0 Å². The van der Waals surface area contributed by atoms with Crippen molar-refractivity contribution in [1.82, 2.24) is 34.9 Å². The number of hydrogen-bond donors (Lipinski definition) is 4. The number of carboxylic acids is 1. The van der Waals surface area contributed by atoms with E-state index in [-0.39, 0.29) is 54.2 Å². The molecule has 0 saturated carbocycles. The quantitative estimate of drug-likeness (QED) is 0.0791. The summed E-state index contributed by atoms with van der Waals surface area (Å²) in [6, 6.07) is 5.55. The van der Waals surface area contributed by atoms with E-state index >= 15 is 0 Å². The largest absolute Gasteiger partial charge is 0.476 e. The van der Waals surface area contributed by atoms with Crippen LogP contribution in [0.2, 0.25) is 0 Å². The molecule has 388 valence electrons. The third-order valence-corrected chi connectivity index (χ3v) is 16.2. The molecule has 0 aliphatic carbocycles. The molecule has 1 saturated heterocycles. The van der Waals surface area contributed by atoms with E-state index in [9.17, 15) is 39.0 Å². The number of aliphatic hydroxyl groups excluding tert-OH is 1. The second kappa shape index (κ2) is 26.7. The highest BCUT2D eigenvalue weighted by Gasteiger charge is 2.44. The summed E-state index contributed by atoms with van der Waals surface area (Å²) < 4.78 is 18.7. The number of aliphatic hydroxyl groups is 1. The average molecular weight is 1010 g/mol. The van der Waals surface area contributed by atoms with Gasteiger partial charge in [-0.05, 0) is 67.7 Å². The minimum atomic E-state index is -1.13. The Morgan fingerprint density at radius 3 is 2.10 bits per heavy atom. The van der Waals surface area contributed by atoms with Gasteiger partial charge in [-0.25, -0.2) is 14.6 Å². The molecule has 10 atom stereocenters. The highest BCUT2D eigenvalue weighted by Crippen LogP contribution is 2.40. The van der Waals surface area contributed by atoms with Crippen molar-refractivity contribution in [2.24, 2.45) is 30.7 Å². The molecule has 4 N–H and O–H groups in total. The van der Waals surface area contributed by atoms with E-state index in [1.165, 1.54) is 54.0 Å².